The van der Waals surface area contributed by atoms with Crippen molar-refractivity contribution in [2.24, 2.45) is 23.7 Å². The second kappa shape index (κ2) is 3.70. The Labute approximate surface area is 115 Å². The molecular weight excluding hydrogens is 262 g/mol. The molecule has 96 valence electrons. The number of hydrogen-bond acceptors (Lipinski definition) is 2. The van der Waals surface area contributed by atoms with Crippen LogP contribution in [0.4, 0.5) is 5.69 Å². The standard InChI is InChI=1S/C15H12ClNO2/c16-10-3-1-2-4-11(10)17-14(18)12-8-5-6-9(7-8)13(12)15(17)19/h1-6,8-9,12-13H,7H2/t8-,9+,12+,13-. The van der Waals surface area contributed by atoms with E-state index >= 15 is 0 Å². The van der Waals surface area contributed by atoms with Crippen molar-refractivity contribution >= 4 is 29.1 Å². The molecule has 1 aliphatic heterocycles. The summed E-state index contributed by atoms with van der Waals surface area (Å²) in [7, 11) is 0. The maximum Gasteiger partial charge on any atom is 0.238 e. The summed E-state index contributed by atoms with van der Waals surface area (Å²) >= 11 is 6.12. The van der Waals surface area contributed by atoms with Gasteiger partial charge in [-0.15, -0.1) is 0 Å². The second-order valence-electron chi connectivity index (χ2n) is 5.46. The first-order chi connectivity index (χ1) is 9.18. The van der Waals surface area contributed by atoms with Crippen molar-refractivity contribution in [3.63, 3.8) is 0 Å². The van der Waals surface area contributed by atoms with Gasteiger partial charge in [-0.2, -0.15) is 0 Å². The number of nitrogens with zero attached hydrogens (tertiary/aromatic N) is 1. The number of imide groups is 1. The van der Waals surface area contributed by atoms with E-state index in [0.717, 1.165) is 6.42 Å². The molecule has 3 aliphatic rings. The first-order valence-electron chi connectivity index (χ1n) is 6.49. The van der Waals surface area contributed by atoms with E-state index in [1.807, 2.05) is 0 Å². The van der Waals surface area contributed by atoms with Gasteiger partial charge in [0.1, 0.15) is 0 Å². The molecule has 4 atom stereocenters. The van der Waals surface area contributed by atoms with E-state index in [-0.39, 0.29) is 35.5 Å². The number of hydrogen-bond donors (Lipinski definition) is 0. The highest BCUT2D eigenvalue weighted by Crippen LogP contribution is 2.53. The molecule has 2 fully saturated rings. The molecule has 4 rings (SSSR count). The lowest BCUT2D eigenvalue weighted by Crippen LogP contribution is -2.33. The molecule has 0 aromatic heterocycles. The summed E-state index contributed by atoms with van der Waals surface area (Å²) in [5.74, 6) is -0.0321. The van der Waals surface area contributed by atoms with Crippen molar-refractivity contribution in [2.75, 3.05) is 4.90 Å². The number of allylic oxidation sites excluding steroid dienone is 2. The van der Waals surface area contributed by atoms with Crippen LogP contribution in [0, 0.1) is 23.7 Å². The number of rotatable bonds is 1. The van der Waals surface area contributed by atoms with Crippen LogP contribution < -0.4 is 4.90 Å². The van der Waals surface area contributed by atoms with Gasteiger partial charge < -0.3 is 0 Å². The number of benzene rings is 1. The van der Waals surface area contributed by atoms with Crippen molar-refractivity contribution < 1.29 is 9.59 Å². The van der Waals surface area contributed by atoms with Crippen molar-refractivity contribution in [3.8, 4) is 0 Å². The fourth-order valence-corrected chi connectivity index (χ4v) is 3.99. The third-order valence-corrected chi connectivity index (χ3v) is 4.88. The Hall–Kier alpha value is -1.61. The smallest absolute Gasteiger partial charge is 0.238 e. The third kappa shape index (κ3) is 1.34. The van der Waals surface area contributed by atoms with Crippen LogP contribution in [0.3, 0.4) is 0 Å². The number of anilines is 1. The summed E-state index contributed by atoms with van der Waals surface area (Å²) in [4.78, 5) is 26.4. The van der Waals surface area contributed by atoms with Gasteiger partial charge in [0.25, 0.3) is 0 Å². The average Bonchev–Trinajstić information content (AvgIpc) is 3.06. The Morgan fingerprint density at radius 2 is 1.58 bits per heavy atom. The predicted octanol–water partition coefficient (Wildman–Crippen LogP) is 2.65. The minimum Gasteiger partial charge on any atom is -0.274 e. The Balaban J connectivity index is 1.79. The van der Waals surface area contributed by atoms with Crippen molar-refractivity contribution in [2.45, 2.75) is 6.42 Å². The number of carbonyl (C=O) groups excluding carboxylic acids is 2. The maximum absolute atomic E-state index is 12.6. The fourth-order valence-electron chi connectivity index (χ4n) is 3.77. The molecule has 2 bridgehead atoms. The molecule has 3 nitrogen and oxygen atoms in total. The molecule has 4 heteroatoms. The van der Waals surface area contributed by atoms with Gasteiger partial charge in [-0.05, 0) is 30.4 Å². The zero-order valence-electron chi connectivity index (χ0n) is 10.1. The van der Waals surface area contributed by atoms with Crippen LogP contribution in [0.15, 0.2) is 36.4 Å². The first-order valence-corrected chi connectivity index (χ1v) is 6.87. The Bertz CT molecular complexity index is 594. The Morgan fingerprint density at radius 1 is 1.00 bits per heavy atom. The van der Waals surface area contributed by atoms with Crippen LogP contribution in [0.25, 0.3) is 0 Å². The quantitative estimate of drug-likeness (QED) is 0.583. The molecule has 19 heavy (non-hydrogen) atoms. The molecule has 1 heterocycles. The highest BCUT2D eigenvalue weighted by Gasteiger charge is 2.59. The largest absolute Gasteiger partial charge is 0.274 e. The van der Waals surface area contributed by atoms with E-state index in [4.69, 9.17) is 11.6 Å². The van der Waals surface area contributed by atoms with Crippen LogP contribution in [0.5, 0.6) is 0 Å². The molecule has 0 spiro atoms. The van der Waals surface area contributed by atoms with Gasteiger partial charge in [0.2, 0.25) is 11.8 Å². The van der Waals surface area contributed by atoms with E-state index in [1.165, 1.54) is 4.90 Å². The molecule has 1 saturated heterocycles. The van der Waals surface area contributed by atoms with E-state index in [9.17, 15) is 9.59 Å². The van der Waals surface area contributed by atoms with Gasteiger partial charge in [0, 0.05) is 0 Å². The van der Waals surface area contributed by atoms with Crippen molar-refractivity contribution in [3.05, 3.63) is 41.4 Å². The average molecular weight is 274 g/mol. The number of halogens is 1. The van der Waals surface area contributed by atoms with Crippen molar-refractivity contribution in [1.29, 1.82) is 0 Å². The van der Waals surface area contributed by atoms with Crippen LogP contribution in [-0.4, -0.2) is 11.8 Å². The topological polar surface area (TPSA) is 37.4 Å². The van der Waals surface area contributed by atoms with Gasteiger partial charge in [0.15, 0.2) is 0 Å². The highest BCUT2D eigenvalue weighted by atomic mass is 35.5. The monoisotopic (exact) mass is 273 g/mol. The molecule has 2 amide bonds. The number of carbonyl (C=O) groups is 2. The van der Waals surface area contributed by atoms with Gasteiger partial charge >= 0.3 is 0 Å². The predicted molar refractivity (Wildman–Crippen MR) is 71.7 cm³/mol. The zero-order valence-corrected chi connectivity index (χ0v) is 10.9. The number of amides is 2. The summed E-state index contributed by atoms with van der Waals surface area (Å²) < 4.78 is 0. The molecular formula is C15H12ClNO2. The summed E-state index contributed by atoms with van der Waals surface area (Å²) in [5.41, 5.74) is 0.521. The van der Waals surface area contributed by atoms with Gasteiger partial charge in [-0.1, -0.05) is 35.9 Å². The third-order valence-electron chi connectivity index (χ3n) is 4.56. The minimum absolute atomic E-state index is 0.0834. The van der Waals surface area contributed by atoms with Gasteiger partial charge in [0.05, 0.1) is 22.5 Å². The van der Waals surface area contributed by atoms with E-state index in [0.29, 0.717) is 10.7 Å². The number of para-hydroxylation sites is 1. The number of fused-ring (bicyclic) bond motifs is 5. The maximum atomic E-state index is 12.6. The Kier molecular flexibility index (Phi) is 2.19. The summed E-state index contributed by atoms with van der Waals surface area (Å²) in [6.07, 6.45) is 5.13. The van der Waals surface area contributed by atoms with Crippen LogP contribution in [-0.2, 0) is 9.59 Å². The van der Waals surface area contributed by atoms with Crippen molar-refractivity contribution in [1.82, 2.24) is 0 Å². The molecule has 1 saturated carbocycles. The lowest BCUT2D eigenvalue weighted by Gasteiger charge is -2.18. The molecule has 0 unspecified atom stereocenters. The lowest BCUT2D eigenvalue weighted by molar-refractivity contribution is -0.123. The molecule has 1 aromatic rings. The summed E-state index contributed by atoms with van der Waals surface area (Å²) in [6, 6.07) is 7.03. The highest BCUT2D eigenvalue weighted by molar-refractivity contribution is 6.36. The van der Waals surface area contributed by atoms with E-state index in [2.05, 4.69) is 12.2 Å². The second-order valence-corrected chi connectivity index (χ2v) is 5.87. The Morgan fingerprint density at radius 3 is 2.16 bits per heavy atom. The van der Waals surface area contributed by atoms with Gasteiger partial charge in [-0.3, -0.25) is 9.59 Å². The fraction of sp³-hybridized carbons (Fsp3) is 0.333. The summed E-state index contributed by atoms with van der Waals surface area (Å²) in [6.45, 7) is 0. The van der Waals surface area contributed by atoms with Crippen LogP contribution >= 0.6 is 11.6 Å². The normalized spacial score (nSPS) is 35.3. The van der Waals surface area contributed by atoms with E-state index in [1.54, 1.807) is 24.3 Å². The van der Waals surface area contributed by atoms with Gasteiger partial charge in [-0.25, -0.2) is 4.90 Å². The van der Waals surface area contributed by atoms with E-state index < -0.39 is 0 Å². The van der Waals surface area contributed by atoms with Crippen LogP contribution in [0.1, 0.15) is 6.42 Å². The lowest BCUT2D eigenvalue weighted by atomic mass is 9.85. The molecule has 0 radical (unpaired) electrons. The molecule has 2 aliphatic carbocycles. The summed E-state index contributed by atoms with van der Waals surface area (Å²) in [5, 5.41) is 0.449. The zero-order chi connectivity index (χ0) is 13.1. The first kappa shape index (κ1) is 11.2. The molecule has 1 aromatic carbocycles. The molecule has 0 N–H and O–H groups in total. The van der Waals surface area contributed by atoms with Crippen LogP contribution in [0.2, 0.25) is 5.02 Å². The SMILES string of the molecule is O=C1[C@@H]2[C@H](C(=O)N1c1ccccc1Cl)[C@H]1C=C[C@@H]2C1. The minimum atomic E-state index is -0.168.